The van der Waals surface area contributed by atoms with Gasteiger partial charge < -0.3 is 10.2 Å². The zero-order chi connectivity index (χ0) is 29.7. The summed E-state index contributed by atoms with van der Waals surface area (Å²) in [6, 6.07) is 19.8. The maximum absolute atomic E-state index is 14.1. The molecular formula is C31H38ClN3O4S. The van der Waals surface area contributed by atoms with Crippen LogP contribution in [0.1, 0.15) is 50.8 Å². The van der Waals surface area contributed by atoms with Crippen LogP contribution in [0.4, 0.5) is 5.69 Å². The molecule has 0 saturated carbocycles. The molecule has 3 aromatic rings. The molecule has 0 aliphatic heterocycles. The second-order valence-electron chi connectivity index (χ2n) is 10.9. The Bertz CT molecular complexity index is 1430. The van der Waals surface area contributed by atoms with E-state index in [1.807, 2.05) is 65.8 Å². The number of halogens is 1. The predicted molar refractivity (Wildman–Crippen MR) is 161 cm³/mol. The van der Waals surface area contributed by atoms with Crippen LogP contribution < -0.4 is 9.62 Å². The largest absolute Gasteiger partial charge is 0.350 e. The number of rotatable bonds is 10. The van der Waals surface area contributed by atoms with Crippen molar-refractivity contribution in [2.45, 2.75) is 71.0 Å². The fourth-order valence-corrected chi connectivity index (χ4v) is 5.99. The Hall–Kier alpha value is -3.36. The molecule has 0 fully saturated rings. The molecule has 7 nitrogen and oxygen atoms in total. The van der Waals surface area contributed by atoms with E-state index in [4.69, 9.17) is 11.6 Å². The van der Waals surface area contributed by atoms with Gasteiger partial charge in [-0.25, -0.2) is 8.42 Å². The van der Waals surface area contributed by atoms with E-state index in [0.29, 0.717) is 6.42 Å². The predicted octanol–water partition coefficient (Wildman–Crippen LogP) is 5.87. The molecule has 3 rings (SSSR count). The van der Waals surface area contributed by atoms with E-state index in [1.54, 1.807) is 36.4 Å². The van der Waals surface area contributed by atoms with Crippen LogP contribution in [0.3, 0.4) is 0 Å². The van der Waals surface area contributed by atoms with Gasteiger partial charge in [0, 0.05) is 12.1 Å². The molecule has 9 heteroatoms. The fraction of sp³-hybridized carbons (Fsp3) is 0.355. The third-order valence-electron chi connectivity index (χ3n) is 6.37. The number of anilines is 1. The third kappa shape index (κ3) is 7.86. The van der Waals surface area contributed by atoms with Gasteiger partial charge in [0.05, 0.1) is 15.6 Å². The lowest BCUT2D eigenvalue weighted by molar-refractivity contribution is -0.141. The third-order valence-corrected chi connectivity index (χ3v) is 8.46. The van der Waals surface area contributed by atoms with Gasteiger partial charge in [0.15, 0.2) is 0 Å². The molecule has 0 bridgehead atoms. The Labute approximate surface area is 243 Å². The average molecular weight is 584 g/mol. The lowest BCUT2D eigenvalue weighted by Gasteiger charge is -2.35. The first kappa shape index (κ1) is 31.2. The van der Waals surface area contributed by atoms with E-state index >= 15 is 0 Å². The molecule has 0 unspecified atom stereocenters. The number of aryl methyl sites for hydroxylation is 2. The summed E-state index contributed by atoms with van der Waals surface area (Å²) in [6.45, 7) is 10.9. The summed E-state index contributed by atoms with van der Waals surface area (Å²) < 4.78 is 28.9. The van der Waals surface area contributed by atoms with Gasteiger partial charge >= 0.3 is 0 Å². The maximum Gasteiger partial charge on any atom is 0.264 e. The first-order valence-electron chi connectivity index (χ1n) is 13.2. The van der Waals surface area contributed by atoms with Crippen molar-refractivity contribution >= 4 is 39.1 Å². The maximum atomic E-state index is 14.1. The smallest absolute Gasteiger partial charge is 0.264 e. The Kier molecular flexibility index (Phi) is 10.0. The number of benzene rings is 3. The average Bonchev–Trinajstić information content (AvgIpc) is 2.88. The number of amides is 2. The number of nitrogens with zero attached hydrogens (tertiary/aromatic N) is 2. The van der Waals surface area contributed by atoms with E-state index in [9.17, 15) is 18.0 Å². The minimum atomic E-state index is -4.18. The highest BCUT2D eigenvalue weighted by Crippen LogP contribution is 2.31. The highest BCUT2D eigenvalue weighted by atomic mass is 35.5. The lowest BCUT2D eigenvalue weighted by atomic mass is 10.1. The van der Waals surface area contributed by atoms with E-state index in [1.165, 1.54) is 17.0 Å². The Morgan fingerprint density at radius 1 is 0.900 bits per heavy atom. The Morgan fingerprint density at radius 3 is 1.98 bits per heavy atom. The topological polar surface area (TPSA) is 86.8 Å². The van der Waals surface area contributed by atoms with E-state index in [-0.39, 0.29) is 28.1 Å². The molecule has 0 radical (unpaired) electrons. The van der Waals surface area contributed by atoms with Gasteiger partial charge in [-0.05, 0) is 70.9 Å². The van der Waals surface area contributed by atoms with Crippen LogP contribution in [0, 0.1) is 13.8 Å². The molecule has 0 spiro atoms. The van der Waals surface area contributed by atoms with Crippen molar-refractivity contribution in [1.29, 1.82) is 0 Å². The monoisotopic (exact) mass is 583 g/mol. The molecular weight excluding hydrogens is 546 g/mol. The minimum absolute atomic E-state index is 0.0356. The summed E-state index contributed by atoms with van der Waals surface area (Å²) in [5.41, 5.74) is 2.46. The zero-order valence-electron chi connectivity index (χ0n) is 23.9. The van der Waals surface area contributed by atoms with Gasteiger partial charge in [-0.3, -0.25) is 13.9 Å². The van der Waals surface area contributed by atoms with Crippen molar-refractivity contribution < 1.29 is 18.0 Å². The molecule has 2 amide bonds. The van der Waals surface area contributed by atoms with Gasteiger partial charge in [-0.2, -0.15) is 0 Å². The molecule has 0 aromatic heterocycles. The van der Waals surface area contributed by atoms with Crippen LogP contribution in [0.5, 0.6) is 0 Å². The van der Waals surface area contributed by atoms with Gasteiger partial charge in [0.25, 0.3) is 10.0 Å². The number of carbonyl (C=O) groups is 2. The summed E-state index contributed by atoms with van der Waals surface area (Å²) in [6.07, 6.45) is 0.344. The highest BCUT2D eigenvalue weighted by molar-refractivity contribution is 7.92. The molecule has 0 aliphatic rings. The van der Waals surface area contributed by atoms with Crippen molar-refractivity contribution in [3.8, 4) is 0 Å². The van der Waals surface area contributed by atoms with Crippen LogP contribution in [0.15, 0.2) is 77.7 Å². The molecule has 214 valence electrons. The number of nitrogens with one attached hydrogen (secondary N) is 1. The van der Waals surface area contributed by atoms with Crippen molar-refractivity contribution in [3.63, 3.8) is 0 Å². The molecule has 0 saturated heterocycles. The summed E-state index contributed by atoms with van der Waals surface area (Å²) in [5, 5.41) is 3.16. The molecule has 1 N–H and O–H groups in total. The molecule has 40 heavy (non-hydrogen) atoms. The standard InChI is InChI=1S/C31H38ClN3O4S/c1-7-27(30(37)33-31(4,5)6)34(20-24-16-12-22(2)13-17-24)29(36)21-35(28-11-9-8-10-26(28)32)40(38,39)25-18-14-23(3)15-19-25/h8-19,27H,7,20-21H2,1-6H3,(H,33,37)/t27-/m1/s1. The molecule has 0 aliphatic carbocycles. The number of hydrogen-bond donors (Lipinski definition) is 1. The molecule has 0 heterocycles. The summed E-state index contributed by atoms with van der Waals surface area (Å²) in [7, 11) is -4.18. The first-order chi connectivity index (χ1) is 18.7. The van der Waals surface area contributed by atoms with Crippen LogP contribution in [0.2, 0.25) is 5.02 Å². The second-order valence-corrected chi connectivity index (χ2v) is 13.2. The van der Waals surface area contributed by atoms with Crippen LogP contribution in [-0.4, -0.2) is 43.3 Å². The number of sulfonamides is 1. The number of para-hydroxylation sites is 1. The van der Waals surface area contributed by atoms with Crippen molar-refractivity contribution in [3.05, 3.63) is 94.5 Å². The van der Waals surface area contributed by atoms with Gasteiger partial charge in [0.1, 0.15) is 12.6 Å². The first-order valence-corrected chi connectivity index (χ1v) is 15.1. The van der Waals surface area contributed by atoms with Crippen molar-refractivity contribution in [2.75, 3.05) is 10.8 Å². The van der Waals surface area contributed by atoms with Gasteiger partial charge in [-0.1, -0.05) is 78.2 Å². The molecule has 3 aromatic carbocycles. The van der Waals surface area contributed by atoms with Crippen molar-refractivity contribution in [2.24, 2.45) is 0 Å². The van der Waals surface area contributed by atoms with Crippen LogP contribution >= 0.6 is 11.6 Å². The van der Waals surface area contributed by atoms with E-state index in [0.717, 1.165) is 21.0 Å². The highest BCUT2D eigenvalue weighted by Gasteiger charge is 2.35. The van der Waals surface area contributed by atoms with Crippen LogP contribution in [-0.2, 0) is 26.2 Å². The van der Waals surface area contributed by atoms with Gasteiger partial charge in [-0.15, -0.1) is 0 Å². The normalized spacial score (nSPS) is 12.5. The molecule has 1 atom stereocenters. The number of hydrogen-bond acceptors (Lipinski definition) is 4. The van der Waals surface area contributed by atoms with E-state index in [2.05, 4.69) is 5.32 Å². The number of carbonyl (C=O) groups excluding carboxylic acids is 2. The van der Waals surface area contributed by atoms with Crippen molar-refractivity contribution in [1.82, 2.24) is 10.2 Å². The van der Waals surface area contributed by atoms with E-state index < -0.39 is 34.1 Å². The second kappa shape index (κ2) is 12.9. The Morgan fingerprint density at radius 2 is 1.45 bits per heavy atom. The summed E-state index contributed by atoms with van der Waals surface area (Å²) >= 11 is 6.46. The fourth-order valence-electron chi connectivity index (χ4n) is 4.27. The van der Waals surface area contributed by atoms with Crippen LogP contribution in [0.25, 0.3) is 0 Å². The lowest BCUT2D eigenvalue weighted by Crippen LogP contribution is -2.55. The summed E-state index contributed by atoms with van der Waals surface area (Å²) in [5.74, 6) is -0.826. The quantitative estimate of drug-likeness (QED) is 0.323. The van der Waals surface area contributed by atoms with Gasteiger partial charge in [0.2, 0.25) is 11.8 Å². The Balaban J connectivity index is 2.08. The zero-order valence-corrected chi connectivity index (χ0v) is 25.5. The SMILES string of the molecule is CC[C@H](C(=O)NC(C)(C)C)N(Cc1ccc(C)cc1)C(=O)CN(c1ccccc1Cl)S(=O)(=O)c1ccc(C)cc1. The minimum Gasteiger partial charge on any atom is -0.350 e. The summed E-state index contributed by atoms with van der Waals surface area (Å²) in [4.78, 5) is 29.0.